The van der Waals surface area contributed by atoms with Crippen molar-refractivity contribution in [3.05, 3.63) is 16.4 Å². The van der Waals surface area contributed by atoms with Crippen LogP contribution in [0.4, 0.5) is 0 Å². The van der Waals surface area contributed by atoms with Crippen molar-refractivity contribution >= 4 is 15.9 Å². The Morgan fingerprint density at radius 2 is 2.26 bits per heavy atom. The first-order chi connectivity index (χ1) is 8.97. The average molecular weight is 328 g/mol. The summed E-state index contributed by atoms with van der Waals surface area (Å²) in [6.45, 7) is 7.85. The second-order valence-corrected chi connectivity index (χ2v) is 7.32. The van der Waals surface area contributed by atoms with Crippen molar-refractivity contribution in [3.8, 4) is 0 Å². The zero-order chi connectivity index (χ0) is 14.0. The molecule has 1 fully saturated rings. The lowest BCUT2D eigenvalue weighted by molar-refractivity contribution is 0.109. The minimum atomic E-state index is 0.0822. The smallest absolute Gasteiger partial charge is 0.0696 e. The van der Waals surface area contributed by atoms with Gasteiger partial charge in [-0.1, -0.05) is 33.6 Å². The van der Waals surface area contributed by atoms with Crippen molar-refractivity contribution in [1.29, 1.82) is 0 Å². The Kier molecular flexibility index (Phi) is 4.72. The zero-order valence-corrected chi connectivity index (χ0v) is 13.9. The molecule has 2 atom stereocenters. The maximum atomic E-state index is 6.63. The summed E-state index contributed by atoms with van der Waals surface area (Å²) in [5, 5.41) is 4.46. The summed E-state index contributed by atoms with van der Waals surface area (Å²) in [7, 11) is 0. The fourth-order valence-corrected chi connectivity index (χ4v) is 4.03. The third-order valence-corrected chi connectivity index (χ3v) is 5.22. The SMILES string of the molecule is CCCn1ncc(Br)c1C(N)C1CCCCC1(C)C. The van der Waals surface area contributed by atoms with Gasteiger partial charge in [-0.2, -0.15) is 5.10 Å². The molecular formula is C15H26BrN3. The Balaban J connectivity index is 2.27. The average Bonchev–Trinajstić information content (AvgIpc) is 2.70. The van der Waals surface area contributed by atoms with Crippen LogP contribution in [0.1, 0.15) is 64.6 Å². The molecule has 3 nitrogen and oxygen atoms in total. The van der Waals surface area contributed by atoms with E-state index in [0.717, 1.165) is 17.4 Å². The molecule has 0 amide bonds. The van der Waals surface area contributed by atoms with Gasteiger partial charge in [0.1, 0.15) is 0 Å². The summed E-state index contributed by atoms with van der Waals surface area (Å²) in [5.41, 5.74) is 8.14. The number of hydrogen-bond donors (Lipinski definition) is 1. The highest BCUT2D eigenvalue weighted by Gasteiger charge is 2.38. The lowest BCUT2D eigenvalue weighted by Gasteiger charge is -2.42. The molecule has 4 heteroatoms. The quantitative estimate of drug-likeness (QED) is 0.897. The van der Waals surface area contributed by atoms with E-state index in [0.29, 0.717) is 11.3 Å². The van der Waals surface area contributed by atoms with Crippen LogP contribution in [0.25, 0.3) is 0 Å². The van der Waals surface area contributed by atoms with Gasteiger partial charge in [0.05, 0.1) is 22.4 Å². The first-order valence-electron chi connectivity index (χ1n) is 7.44. The fraction of sp³-hybridized carbons (Fsp3) is 0.800. The molecule has 0 aromatic carbocycles. The summed E-state index contributed by atoms with van der Waals surface area (Å²) in [6.07, 6.45) is 8.14. The molecule has 1 saturated carbocycles. The van der Waals surface area contributed by atoms with Crippen LogP contribution in [0.5, 0.6) is 0 Å². The molecule has 2 N–H and O–H groups in total. The van der Waals surface area contributed by atoms with Gasteiger partial charge in [-0.25, -0.2) is 0 Å². The lowest BCUT2D eigenvalue weighted by Crippen LogP contribution is -2.37. The molecule has 0 spiro atoms. The molecule has 1 heterocycles. The van der Waals surface area contributed by atoms with E-state index in [4.69, 9.17) is 5.73 Å². The van der Waals surface area contributed by atoms with Crippen molar-refractivity contribution < 1.29 is 0 Å². The predicted molar refractivity (Wildman–Crippen MR) is 82.9 cm³/mol. The monoisotopic (exact) mass is 327 g/mol. The summed E-state index contributed by atoms with van der Waals surface area (Å²) >= 11 is 3.63. The number of hydrogen-bond acceptors (Lipinski definition) is 2. The summed E-state index contributed by atoms with van der Waals surface area (Å²) in [6, 6.07) is 0.0822. The first-order valence-corrected chi connectivity index (χ1v) is 8.23. The van der Waals surface area contributed by atoms with Crippen molar-refractivity contribution in [2.45, 2.75) is 65.5 Å². The van der Waals surface area contributed by atoms with E-state index in [2.05, 4.69) is 46.5 Å². The molecule has 1 aromatic heterocycles. The first kappa shape index (κ1) is 15.0. The van der Waals surface area contributed by atoms with Gasteiger partial charge in [0, 0.05) is 6.54 Å². The van der Waals surface area contributed by atoms with E-state index in [1.807, 2.05) is 6.20 Å². The second-order valence-electron chi connectivity index (χ2n) is 6.47. The molecule has 1 aliphatic carbocycles. The summed E-state index contributed by atoms with van der Waals surface area (Å²) in [4.78, 5) is 0. The number of rotatable bonds is 4. The highest BCUT2D eigenvalue weighted by molar-refractivity contribution is 9.10. The van der Waals surface area contributed by atoms with Crippen LogP contribution in [-0.4, -0.2) is 9.78 Å². The molecule has 0 aliphatic heterocycles. The minimum absolute atomic E-state index is 0.0822. The predicted octanol–water partition coefficient (Wildman–Crippen LogP) is 4.27. The maximum Gasteiger partial charge on any atom is 0.0696 e. The molecule has 0 radical (unpaired) electrons. The van der Waals surface area contributed by atoms with E-state index < -0.39 is 0 Å². The van der Waals surface area contributed by atoms with E-state index in [9.17, 15) is 0 Å². The number of nitrogens with two attached hydrogens (primary N) is 1. The van der Waals surface area contributed by atoms with Gasteiger partial charge in [0.15, 0.2) is 0 Å². The highest BCUT2D eigenvalue weighted by atomic mass is 79.9. The minimum Gasteiger partial charge on any atom is -0.322 e. The topological polar surface area (TPSA) is 43.8 Å². The zero-order valence-electron chi connectivity index (χ0n) is 12.3. The normalized spacial score (nSPS) is 24.4. The maximum absolute atomic E-state index is 6.63. The molecule has 1 aromatic rings. The van der Waals surface area contributed by atoms with Crippen LogP contribution >= 0.6 is 15.9 Å². The summed E-state index contributed by atoms with van der Waals surface area (Å²) < 4.78 is 3.15. The van der Waals surface area contributed by atoms with Gasteiger partial charge < -0.3 is 5.73 Å². The van der Waals surface area contributed by atoms with E-state index in [-0.39, 0.29) is 6.04 Å². The number of aromatic nitrogens is 2. The fourth-order valence-electron chi connectivity index (χ4n) is 3.47. The molecule has 2 unspecified atom stereocenters. The number of halogens is 1. The summed E-state index contributed by atoms with van der Waals surface area (Å²) in [5.74, 6) is 0.546. The van der Waals surface area contributed by atoms with Crippen molar-refractivity contribution in [2.75, 3.05) is 0 Å². The molecule has 19 heavy (non-hydrogen) atoms. The van der Waals surface area contributed by atoms with E-state index in [1.54, 1.807) is 0 Å². The van der Waals surface area contributed by atoms with Gasteiger partial charge in [0.2, 0.25) is 0 Å². The van der Waals surface area contributed by atoms with Crippen LogP contribution in [0.15, 0.2) is 10.7 Å². The Hall–Kier alpha value is -0.350. The largest absolute Gasteiger partial charge is 0.322 e. The van der Waals surface area contributed by atoms with Gasteiger partial charge in [0.25, 0.3) is 0 Å². The van der Waals surface area contributed by atoms with Gasteiger partial charge in [-0.05, 0) is 46.5 Å². The molecular weight excluding hydrogens is 302 g/mol. The Bertz CT molecular complexity index is 425. The van der Waals surface area contributed by atoms with Crippen LogP contribution < -0.4 is 5.73 Å². The molecule has 1 aliphatic rings. The van der Waals surface area contributed by atoms with Gasteiger partial charge in [-0.15, -0.1) is 0 Å². The van der Waals surface area contributed by atoms with Crippen LogP contribution in [-0.2, 0) is 6.54 Å². The Morgan fingerprint density at radius 1 is 1.53 bits per heavy atom. The van der Waals surface area contributed by atoms with Crippen molar-refractivity contribution in [2.24, 2.45) is 17.1 Å². The van der Waals surface area contributed by atoms with Crippen molar-refractivity contribution in [3.63, 3.8) is 0 Å². The Morgan fingerprint density at radius 3 is 2.89 bits per heavy atom. The molecule has 0 bridgehead atoms. The van der Waals surface area contributed by atoms with E-state index in [1.165, 1.54) is 31.4 Å². The highest BCUT2D eigenvalue weighted by Crippen LogP contribution is 2.46. The van der Waals surface area contributed by atoms with Gasteiger partial charge in [-0.3, -0.25) is 4.68 Å². The molecule has 0 saturated heterocycles. The molecule has 2 rings (SSSR count). The van der Waals surface area contributed by atoms with Crippen LogP contribution in [0.2, 0.25) is 0 Å². The second kappa shape index (κ2) is 5.96. The number of aryl methyl sites for hydroxylation is 1. The van der Waals surface area contributed by atoms with Crippen LogP contribution in [0, 0.1) is 11.3 Å². The van der Waals surface area contributed by atoms with Gasteiger partial charge >= 0.3 is 0 Å². The van der Waals surface area contributed by atoms with Crippen molar-refractivity contribution in [1.82, 2.24) is 9.78 Å². The van der Waals surface area contributed by atoms with E-state index >= 15 is 0 Å². The Labute approximate surface area is 125 Å². The third-order valence-electron chi connectivity index (χ3n) is 4.61. The van der Waals surface area contributed by atoms with Crippen LogP contribution in [0.3, 0.4) is 0 Å². The number of nitrogens with zero attached hydrogens (tertiary/aromatic N) is 2. The molecule has 108 valence electrons. The lowest BCUT2D eigenvalue weighted by atomic mass is 9.65. The third kappa shape index (κ3) is 3.05. The standard InChI is InChI=1S/C15H26BrN3/c1-4-9-19-14(12(16)10-18-19)13(17)11-7-5-6-8-15(11,2)3/h10-11,13H,4-9,17H2,1-3H3.